The van der Waals surface area contributed by atoms with Crippen LogP contribution in [0.2, 0.25) is 0 Å². The van der Waals surface area contributed by atoms with E-state index in [4.69, 9.17) is 5.11 Å². The Bertz CT molecular complexity index is 391. The largest absolute Gasteiger partial charge is 0.465 e. The first-order valence-corrected chi connectivity index (χ1v) is 4.18. The minimum Gasteiger partial charge on any atom is -0.465 e. The molecule has 6 nitrogen and oxygen atoms in total. The summed E-state index contributed by atoms with van der Waals surface area (Å²) in [5.41, 5.74) is 0.556. The average molecular weight is 210 g/mol. The van der Waals surface area contributed by atoms with Crippen molar-refractivity contribution in [3.8, 4) is 0 Å². The third-order valence-electron chi connectivity index (χ3n) is 1.87. The lowest BCUT2D eigenvalue weighted by molar-refractivity contribution is -0.384. The molecule has 1 aromatic rings. The van der Waals surface area contributed by atoms with Crippen molar-refractivity contribution in [1.29, 1.82) is 0 Å². The molecule has 0 aliphatic rings. The van der Waals surface area contributed by atoms with Crippen molar-refractivity contribution < 1.29 is 14.8 Å². The summed E-state index contributed by atoms with van der Waals surface area (Å²) in [5, 5.41) is 19.1. The number of carboxylic acid groups (broad SMARTS) is 1. The smallest absolute Gasteiger partial charge is 0.407 e. The van der Waals surface area contributed by atoms with Gasteiger partial charge in [0.15, 0.2) is 0 Å². The minimum absolute atomic E-state index is 0.0358. The topological polar surface area (TPSA) is 83.7 Å². The number of non-ortho nitro benzene ring substituents is 1. The third kappa shape index (κ3) is 2.94. The second-order valence-corrected chi connectivity index (χ2v) is 3.07. The zero-order valence-corrected chi connectivity index (χ0v) is 8.08. The summed E-state index contributed by atoms with van der Waals surface area (Å²) in [6.45, 7) is 0.136. The number of amides is 1. The standard InChI is InChI=1S/C9H10N2O4/c1-10(9(12)13)6-7-3-2-4-8(5-7)11(14)15/h2-5H,6H2,1H3,(H,12,13). The van der Waals surface area contributed by atoms with Crippen molar-refractivity contribution in [2.24, 2.45) is 0 Å². The van der Waals surface area contributed by atoms with E-state index in [9.17, 15) is 14.9 Å². The van der Waals surface area contributed by atoms with Crippen molar-refractivity contribution in [1.82, 2.24) is 4.90 Å². The van der Waals surface area contributed by atoms with E-state index in [2.05, 4.69) is 0 Å². The summed E-state index contributed by atoms with van der Waals surface area (Å²) in [5.74, 6) is 0. The highest BCUT2D eigenvalue weighted by molar-refractivity contribution is 5.64. The average Bonchev–Trinajstić information content (AvgIpc) is 2.18. The molecule has 0 unspecified atom stereocenters. The van der Waals surface area contributed by atoms with Gasteiger partial charge in [-0.05, 0) is 5.56 Å². The molecule has 0 radical (unpaired) electrons. The molecule has 1 rings (SSSR count). The van der Waals surface area contributed by atoms with E-state index >= 15 is 0 Å². The van der Waals surface area contributed by atoms with Crippen LogP contribution in [0, 0.1) is 10.1 Å². The monoisotopic (exact) mass is 210 g/mol. The Morgan fingerprint density at radius 3 is 2.80 bits per heavy atom. The number of hydrogen-bond acceptors (Lipinski definition) is 3. The van der Waals surface area contributed by atoms with E-state index in [1.54, 1.807) is 6.07 Å². The van der Waals surface area contributed by atoms with Crippen molar-refractivity contribution in [2.45, 2.75) is 6.54 Å². The van der Waals surface area contributed by atoms with Crippen molar-refractivity contribution in [3.05, 3.63) is 39.9 Å². The Morgan fingerprint density at radius 1 is 1.60 bits per heavy atom. The van der Waals surface area contributed by atoms with Crippen LogP contribution in [0.15, 0.2) is 24.3 Å². The zero-order chi connectivity index (χ0) is 11.4. The van der Waals surface area contributed by atoms with Crippen LogP contribution in [0.1, 0.15) is 5.56 Å². The Kier molecular flexibility index (Phi) is 3.22. The predicted octanol–water partition coefficient (Wildman–Crippen LogP) is 1.70. The summed E-state index contributed by atoms with van der Waals surface area (Å²) in [7, 11) is 1.40. The highest BCUT2D eigenvalue weighted by Gasteiger charge is 2.09. The van der Waals surface area contributed by atoms with Crippen molar-refractivity contribution >= 4 is 11.8 Å². The van der Waals surface area contributed by atoms with E-state index in [1.165, 1.54) is 25.2 Å². The molecule has 1 aromatic carbocycles. The quantitative estimate of drug-likeness (QED) is 0.607. The second-order valence-electron chi connectivity index (χ2n) is 3.07. The number of benzene rings is 1. The maximum absolute atomic E-state index is 10.5. The van der Waals surface area contributed by atoms with Gasteiger partial charge in [0.05, 0.1) is 4.92 Å². The van der Waals surface area contributed by atoms with Gasteiger partial charge in [-0.3, -0.25) is 10.1 Å². The molecule has 0 fully saturated rings. The lowest BCUT2D eigenvalue weighted by atomic mass is 10.2. The molecule has 6 heteroatoms. The van der Waals surface area contributed by atoms with Crippen molar-refractivity contribution in [3.63, 3.8) is 0 Å². The lowest BCUT2D eigenvalue weighted by Crippen LogP contribution is -2.23. The Labute approximate surface area is 85.9 Å². The highest BCUT2D eigenvalue weighted by Crippen LogP contribution is 2.14. The van der Waals surface area contributed by atoms with Crippen LogP contribution in [0.25, 0.3) is 0 Å². The lowest BCUT2D eigenvalue weighted by Gasteiger charge is -2.12. The summed E-state index contributed by atoms with van der Waals surface area (Å²) in [6, 6.07) is 5.90. The van der Waals surface area contributed by atoms with E-state index in [-0.39, 0.29) is 12.2 Å². The molecule has 0 aromatic heterocycles. The number of carbonyl (C=O) groups is 1. The van der Waals surface area contributed by atoms with Gasteiger partial charge in [-0.15, -0.1) is 0 Å². The summed E-state index contributed by atoms with van der Waals surface area (Å²) in [4.78, 5) is 21.5. The maximum Gasteiger partial charge on any atom is 0.407 e. The summed E-state index contributed by atoms with van der Waals surface area (Å²) >= 11 is 0. The molecule has 0 atom stereocenters. The molecule has 0 aliphatic heterocycles. The van der Waals surface area contributed by atoms with Gasteiger partial charge >= 0.3 is 6.09 Å². The van der Waals surface area contributed by atoms with Gasteiger partial charge in [0.25, 0.3) is 5.69 Å². The fourth-order valence-electron chi connectivity index (χ4n) is 1.11. The first kappa shape index (κ1) is 11.0. The first-order chi connectivity index (χ1) is 7.00. The third-order valence-corrected chi connectivity index (χ3v) is 1.87. The summed E-state index contributed by atoms with van der Waals surface area (Å²) in [6.07, 6.45) is -1.07. The van der Waals surface area contributed by atoms with E-state index < -0.39 is 11.0 Å². The number of nitrogens with zero attached hydrogens (tertiary/aromatic N) is 2. The molecule has 1 N–H and O–H groups in total. The molecule has 0 bridgehead atoms. The highest BCUT2D eigenvalue weighted by atomic mass is 16.6. The van der Waals surface area contributed by atoms with Crippen LogP contribution in [0.3, 0.4) is 0 Å². The van der Waals surface area contributed by atoms with Gasteiger partial charge in [0.2, 0.25) is 0 Å². The van der Waals surface area contributed by atoms with Crippen LogP contribution in [-0.4, -0.2) is 28.1 Å². The number of rotatable bonds is 3. The Balaban J connectivity index is 2.82. The first-order valence-electron chi connectivity index (χ1n) is 4.18. The number of nitro benzene ring substituents is 1. The predicted molar refractivity (Wildman–Crippen MR) is 52.6 cm³/mol. The van der Waals surface area contributed by atoms with Crippen LogP contribution >= 0.6 is 0 Å². The normalized spacial score (nSPS) is 9.67. The van der Waals surface area contributed by atoms with Gasteiger partial charge < -0.3 is 10.0 Å². The molecule has 15 heavy (non-hydrogen) atoms. The molecule has 1 amide bonds. The number of hydrogen-bond donors (Lipinski definition) is 1. The fourth-order valence-corrected chi connectivity index (χ4v) is 1.11. The molecule has 0 aliphatic carbocycles. The molecule has 0 saturated carbocycles. The zero-order valence-electron chi connectivity index (χ0n) is 8.08. The van der Waals surface area contributed by atoms with Gasteiger partial charge in [-0.2, -0.15) is 0 Å². The fraction of sp³-hybridized carbons (Fsp3) is 0.222. The van der Waals surface area contributed by atoms with Gasteiger partial charge in [0, 0.05) is 25.7 Å². The van der Waals surface area contributed by atoms with E-state index in [0.717, 1.165) is 4.90 Å². The molecule has 80 valence electrons. The van der Waals surface area contributed by atoms with Crippen LogP contribution in [-0.2, 0) is 6.54 Å². The number of nitro groups is 1. The Hall–Kier alpha value is -2.11. The molecule has 0 spiro atoms. The van der Waals surface area contributed by atoms with Gasteiger partial charge in [-0.1, -0.05) is 12.1 Å². The van der Waals surface area contributed by atoms with E-state index in [0.29, 0.717) is 5.56 Å². The van der Waals surface area contributed by atoms with Gasteiger partial charge in [-0.25, -0.2) is 4.79 Å². The SMILES string of the molecule is CN(Cc1cccc([N+](=O)[O-])c1)C(=O)O. The Morgan fingerprint density at radius 2 is 2.27 bits per heavy atom. The van der Waals surface area contributed by atoms with Crippen LogP contribution in [0.4, 0.5) is 10.5 Å². The van der Waals surface area contributed by atoms with Crippen molar-refractivity contribution in [2.75, 3.05) is 7.05 Å². The molecular weight excluding hydrogens is 200 g/mol. The second kappa shape index (κ2) is 4.41. The maximum atomic E-state index is 10.5. The minimum atomic E-state index is -1.07. The van der Waals surface area contributed by atoms with E-state index in [1.807, 2.05) is 0 Å². The molecule has 0 saturated heterocycles. The van der Waals surface area contributed by atoms with Crippen LogP contribution < -0.4 is 0 Å². The van der Waals surface area contributed by atoms with Gasteiger partial charge in [0.1, 0.15) is 0 Å². The summed E-state index contributed by atoms with van der Waals surface area (Å²) < 4.78 is 0. The molecular formula is C9H10N2O4. The molecule has 0 heterocycles. The van der Waals surface area contributed by atoms with Crippen LogP contribution in [0.5, 0.6) is 0 Å².